The summed E-state index contributed by atoms with van der Waals surface area (Å²) in [6.07, 6.45) is 12.8. The highest BCUT2D eigenvalue weighted by Crippen LogP contribution is 2.37. The Hall–Kier alpha value is -3.41. The van der Waals surface area contributed by atoms with Gasteiger partial charge in [0.2, 0.25) is 11.8 Å². The first-order chi connectivity index (χ1) is 20.5. The van der Waals surface area contributed by atoms with Crippen LogP contribution in [0, 0.1) is 0 Å². The highest BCUT2D eigenvalue weighted by Gasteiger charge is 2.44. The van der Waals surface area contributed by atoms with Crippen LogP contribution in [0.2, 0.25) is 0 Å². The second-order valence-electron chi connectivity index (χ2n) is 11.2. The lowest BCUT2D eigenvalue weighted by molar-refractivity contribution is -0.143. The lowest BCUT2D eigenvalue weighted by atomic mass is 9.74. The van der Waals surface area contributed by atoms with Gasteiger partial charge in [0.05, 0.1) is 12.7 Å². The maximum Gasteiger partial charge on any atom is 0.245 e. The van der Waals surface area contributed by atoms with Gasteiger partial charge in [0.15, 0.2) is 0 Å². The number of aromatic nitrogens is 2. The molecular formula is C37H60N4O2. The van der Waals surface area contributed by atoms with Crippen molar-refractivity contribution in [2.24, 2.45) is 0 Å². The van der Waals surface area contributed by atoms with Gasteiger partial charge in [0.1, 0.15) is 6.04 Å². The first-order valence-corrected chi connectivity index (χ1v) is 16.1. The number of allylic oxidation sites excluding steroid dienone is 5. The fourth-order valence-corrected chi connectivity index (χ4v) is 5.51. The zero-order valence-electron chi connectivity index (χ0n) is 29.3. The number of amides is 2. The van der Waals surface area contributed by atoms with E-state index >= 15 is 0 Å². The Morgan fingerprint density at radius 3 is 2.23 bits per heavy atom. The molecule has 1 aromatic carbocycles. The van der Waals surface area contributed by atoms with Gasteiger partial charge in [-0.15, -0.1) is 0 Å². The minimum Gasteiger partial charge on any atom is -0.336 e. The number of hydrogen-bond donors (Lipinski definition) is 0. The molecule has 0 N–H and O–H groups in total. The van der Waals surface area contributed by atoms with E-state index in [0.29, 0.717) is 19.5 Å². The lowest BCUT2D eigenvalue weighted by Crippen LogP contribution is -2.51. The Balaban J connectivity index is 0.00000276. The average molecular weight is 593 g/mol. The number of imidazole rings is 1. The molecule has 0 unspecified atom stereocenters. The van der Waals surface area contributed by atoms with Crippen molar-refractivity contribution in [3.05, 3.63) is 90.6 Å². The van der Waals surface area contributed by atoms with Crippen LogP contribution in [0.4, 0.5) is 0 Å². The standard InChI is InChI=1S/C31H42N4O2.3C2H6/c1-8-10-14-24(9-2)21-34-23-32-20-26(34)19-28(36)33(7)27-17-18-35(29(27)37)31(5,6)22-30(3,4)25-15-12-11-13-16-25;3*1-2/h8-16,20,23,27H,1,17-19,21-22H2,2-7H3;3*1-2H3/b14-10-,24-9+;;;/t27-;;;/m0.../s1. The number of carbonyl (C=O) groups excluding carboxylic acids is 2. The number of nitrogens with zero attached hydrogens (tertiary/aromatic N) is 4. The van der Waals surface area contributed by atoms with E-state index in [4.69, 9.17) is 0 Å². The Morgan fingerprint density at radius 1 is 1.07 bits per heavy atom. The van der Waals surface area contributed by atoms with E-state index < -0.39 is 6.04 Å². The Labute approximate surface area is 263 Å². The number of rotatable bonds is 11. The molecule has 1 aliphatic rings. The van der Waals surface area contributed by atoms with Gasteiger partial charge >= 0.3 is 0 Å². The van der Waals surface area contributed by atoms with Crippen molar-refractivity contribution >= 4 is 11.8 Å². The maximum absolute atomic E-state index is 13.6. The van der Waals surface area contributed by atoms with Crippen LogP contribution in [0.25, 0.3) is 0 Å². The number of benzene rings is 1. The summed E-state index contributed by atoms with van der Waals surface area (Å²) in [5.41, 5.74) is 2.76. The summed E-state index contributed by atoms with van der Waals surface area (Å²) >= 11 is 0. The molecule has 1 saturated heterocycles. The highest BCUT2D eigenvalue weighted by molar-refractivity contribution is 5.90. The van der Waals surface area contributed by atoms with Crippen LogP contribution in [0.1, 0.15) is 100 Å². The molecule has 2 amide bonds. The van der Waals surface area contributed by atoms with Gasteiger partial charge < -0.3 is 14.4 Å². The highest BCUT2D eigenvalue weighted by atomic mass is 16.2. The fourth-order valence-electron chi connectivity index (χ4n) is 5.51. The molecule has 1 fully saturated rings. The smallest absolute Gasteiger partial charge is 0.245 e. The molecule has 0 radical (unpaired) electrons. The van der Waals surface area contributed by atoms with Crippen molar-refractivity contribution in [2.45, 2.75) is 119 Å². The lowest BCUT2D eigenvalue weighted by Gasteiger charge is -2.42. The van der Waals surface area contributed by atoms with Crippen molar-refractivity contribution < 1.29 is 9.59 Å². The van der Waals surface area contributed by atoms with Gasteiger partial charge in [-0.25, -0.2) is 4.98 Å². The molecule has 1 atom stereocenters. The van der Waals surface area contributed by atoms with E-state index in [1.54, 1.807) is 30.5 Å². The molecule has 0 bridgehead atoms. The Morgan fingerprint density at radius 2 is 1.67 bits per heavy atom. The molecule has 43 heavy (non-hydrogen) atoms. The largest absolute Gasteiger partial charge is 0.336 e. The van der Waals surface area contributed by atoms with Crippen LogP contribution in [0.15, 0.2) is 79.3 Å². The predicted molar refractivity (Wildman–Crippen MR) is 184 cm³/mol. The normalized spacial score (nSPS) is 15.1. The van der Waals surface area contributed by atoms with Gasteiger partial charge in [-0.3, -0.25) is 9.59 Å². The number of hydrogen-bond acceptors (Lipinski definition) is 3. The molecular weight excluding hydrogens is 532 g/mol. The zero-order valence-corrected chi connectivity index (χ0v) is 29.3. The number of carbonyl (C=O) groups is 2. The minimum absolute atomic E-state index is 0.0315. The van der Waals surface area contributed by atoms with Gasteiger partial charge in [-0.2, -0.15) is 0 Å². The molecule has 1 aliphatic heterocycles. The van der Waals surface area contributed by atoms with Gasteiger partial charge in [-0.1, -0.05) is 117 Å². The summed E-state index contributed by atoms with van der Waals surface area (Å²) in [5, 5.41) is 0. The van der Waals surface area contributed by atoms with Crippen molar-refractivity contribution in [1.82, 2.24) is 19.4 Å². The van der Waals surface area contributed by atoms with E-state index in [-0.39, 0.29) is 29.2 Å². The summed E-state index contributed by atoms with van der Waals surface area (Å²) < 4.78 is 1.98. The van der Waals surface area contributed by atoms with E-state index in [0.717, 1.165) is 17.7 Å². The average Bonchev–Trinajstić information content (AvgIpc) is 3.63. The van der Waals surface area contributed by atoms with Gasteiger partial charge in [0.25, 0.3) is 0 Å². The van der Waals surface area contributed by atoms with E-state index in [2.05, 4.69) is 63.5 Å². The maximum atomic E-state index is 13.6. The van der Waals surface area contributed by atoms with Crippen LogP contribution in [0.5, 0.6) is 0 Å². The summed E-state index contributed by atoms with van der Waals surface area (Å²) in [6, 6.07) is 10.0. The zero-order chi connectivity index (χ0) is 33.2. The van der Waals surface area contributed by atoms with Crippen molar-refractivity contribution in [3.8, 4) is 0 Å². The van der Waals surface area contributed by atoms with E-state index in [1.165, 1.54) is 5.56 Å². The Kier molecular flexibility index (Phi) is 18.2. The van der Waals surface area contributed by atoms with Crippen LogP contribution in [-0.4, -0.2) is 56.3 Å². The Bertz CT molecular complexity index is 1160. The van der Waals surface area contributed by atoms with Crippen LogP contribution >= 0.6 is 0 Å². The molecule has 1 aromatic heterocycles. The summed E-state index contributed by atoms with van der Waals surface area (Å²) in [5.74, 6) is -0.0444. The molecule has 0 aliphatic carbocycles. The fraction of sp³-hybridized carbons (Fsp3) is 0.541. The summed E-state index contributed by atoms with van der Waals surface area (Å²) in [6.45, 7) is 27.7. The summed E-state index contributed by atoms with van der Waals surface area (Å²) in [4.78, 5) is 34.7. The third-order valence-electron chi connectivity index (χ3n) is 7.50. The first-order valence-electron chi connectivity index (χ1n) is 16.1. The van der Waals surface area contributed by atoms with Gasteiger partial charge in [0, 0.05) is 37.6 Å². The molecule has 6 heteroatoms. The minimum atomic E-state index is -0.440. The van der Waals surface area contributed by atoms with Crippen LogP contribution in [-0.2, 0) is 28.0 Å². The van der Waals surface area contributed by atoms with Crippen LogP contribution < -0.4 is 0 Å². The predicted octanol–water partition coefficient (Wildman–Crippen LogP) is 8.40. The quantitative estimate of drug-likeness (QED) is 0.246. The van der Waals surface area contributed by atoms with Gasteiger partial charge in [-0.05, 0) is 50.2 Å². The molecule has 3 rings (SSSR count). The van der Waals surface area contributed by atoms with E-state index in [9.17, 15) is 9.59 Å². The first kappa shape index (κ1) is 39.6. The molecule has 2 heterocycles. The monoisotopic (exact) mass is 592 g/mol. The molecule has 0 saturated carbocycles. The third kappa shape index (κ3) is 11.3. The topological polar surface area (TPSA) is 58.4 Å². The molecule has 0 spiro atoms. The molecule has 240 valence electrons. The van der Waals surface area contributed by atoms with Crippen molar-refractivity contribution in [1.29, 1.82) is 0 Å². The number of likely N-dealkylation sites (tertiary alicyclic amines) is 1. The second-order valence-corrected chi connectivity index (χ2v) is 11.2. The number of likely N-dealkylation sites (N-methyl/N-ethyl adjacent to an activating group) is 1. The SMILES string of the molecule is C=C/C=C\C(=C/C)Cn1cncc1CC(=O)N(C)[C@H]1CCN(C(C)(C)CC(C)(C)c2ccccc2)C1=O.CC.CC.CC. The molecule has 6 nitrogen and oxygen atoms in total. The van der Waals surface area contributed by atoms with Crippen molar-refractivity contribution in [3.63, 3.8) is 0 Å². The van der Waals surface area contributed by atoms with E-state index in [1.807, 2.05) is 82.2 Å². The summed E-state index contributed by atoms with van der Waals surface area (Å²) in [7, 11) is 1.75. The second kappa shape index (κ2) is 19.7. The molecule has 2 aromatic rings. The van der Waals surface area contributed by atoms with Crippen molar-refractivity contribution in [2.75, 3.05) is 13.6 Å². The third-order valence-corrected chi connectivity index (χ3v) is 7.50. The van der Waals surface area contributed by atoms with Crippen LogP contribution in [0.3, 0.4) is 0 Å².